The molecule has 0 nitrogen and oxygen atoms in total. The zero-order valence-electron chi connectivity index (χ0n) is 24.5. The van der Waals surface area contributed by atoms with E-state index in [0.717, 1.165) is 0 Å². The Balaban J connectivity index is 1.32. The van der Waals surface area contributed by atoms with Crippen LogP contribution in [-0.4, -0.2) is 0 Å². The molecule has 0 amide bonds. The van der Waals surface area contributed by atoms with Gasteiger partial charge >= 0.3 is 0 Å². The van der Waals surface area contributed by atoms with Gasteiger partial charge in [-0.15, -0.1) is 0 Å². The summed E-state index contributed by atoms with van der Waals surface area (Å²) in [5.41, 5.74) is 19.1. The number of benzene rings is 6. The van der Waals surface area contributed by atoms with Crippen LogP contribution < -0.4 is 0 Å². The standard InChI is InChI=1S/C42H32/c1-41(2)34-17-7-5-13-28(34)30-21-19-26(23-36(30)41)39-32-15-9-11-25-12-10-16-33(38(25)32)40(39)27-20-22-31-29-14-6-8-18-35(29)42(3,4)37(31)24-27/h5-24H,1-4H3. The van der Waals surface area contributed by atoms with Crippen molar-refractivity contribution in [3.05, 3.63) is 166 Å². The second kappa shape index (κ2) is 7.99. The van der Waals surface area contributed by atoms with E-state index in [4.69, 9.17) is 0 Å². The summed E-state index contributed by atoms with van der Waals surface area (Å²) in [5, 5.41) is 2.68. The molecule has 0 heterocycles. The van der Waals surface area contributed by atoms with Gasteiger partial charge in [0.1, 0.15) is 0 Å². The lowest BCUT2D eigenvalue weighted by atomic mass is 9.80. The fourth-order valence-electron chi connectivity index (χ4n) is 8.35. The van der Waals surface area contributed by atoms with Gasteiger partial charge in [0.25, 0.3) is 0 Å². The first-order valence-corrected chi connectivity index (χ1v) is 15.1. The Labute approximate surface area is 248 Å². The molecule has 6 aromatic rings. The minimum Gasteiger partial charge on any atom is -0.0619 e. The third-order valence-electron chi connectivity index (χ3n) is 10.4. The van der Waals surface area contributed by atoms with Crippen LogP contribution >= 0.6 is 0 Å². The summed E-state index contributed by atoms with van der Waals surface area (Å²) in [5.74, 6) is 0. The minimum atomic E-state index is -0.0382. The highest BCUT2D eigenvalue weighted by atomic mass is 14.4. The molecule has 0 aromatic heterocycles. The molecule has 9 rings (SSSR count). The topological polar surface area (TPSA) is 0 Å². The van der Waals surface area contributed by atoms with Crippen molar-refractivity contribution in [2.24, 2.45) is 0 Å². The fraction of sp³-hybridized carbons (Fsp3) is 0.143. The molecule has 0 unspecified atom stereocenters. The predicted octanol–water partition coefficient (Wildman–Crippen LogP) is 10.8. The van der Waals surface area contributed by atoms with E-state index >= 15 is 0 Å². The van der Waals surface area contributed by atoms with Crippen LogP contribution in [0.2, 0.25) is 0 Å². The van der Waals surface area contributed by atoms with Crippen molar-refractivity contribution in [2.45, 2.75) is 38.5 Å². The first-order valence-electron chi connectivity index (χ1n) is 15.1. The van der Waals surface area contributed by atoms with Crippen LogP contribution in [0.1, 0.15) is 72.2 Å². The average Bonchev–Trinajstić information content (AvgIpc) is 3.56. The first kappa shape index (κ1) is 24.0. The minimum absolute atomic E-state index is 0.0382. The highest BCUT2D eigenvalue weighted by molar-refractivity contribution is 6.20. The van der Waals surface area contributed by atoms with Crippen LogP contribution in [0.4, 0.5) is 0 Å². The average molecular weight is 537 g/mol. The molecule has 200 valence electrons. The van der Waals surface area contributed by atoms with Gasteiger partial charge in [0, 0.05) is 10.8 Å². The molecule has 0 saturated carbocycles. The molecule has 0 spiro atoms. The maximum Gasteiger partial charge on any atom is 0.0159 e. The zero-order valence-corrected chi connectivity index (χ0v) is 24.5. The van der Waals surface area contributed by atoms with Crippen LogP contribution in [0.5, 0.6) is 0 Å². The van der Waals surface area contributed by atoms with Crippen molar-refractivity contribution >= 4 is 21.9 Å². The second-order valence-electron chi connectivity index (χ2n) is 13.3. The van der Waals surface area contributed by atoms with Gasteiger partial charge in [0.05, 0.1) is 0 Å². The molecule has 0 atom stereocenters. The number of fused-ring (bicyclic) bond motifs is 6. The van der Waals surface area contributed by atoms with Gasteiger partial charge in [0.2, 0.25) is 0 Å². The smallest absolute Gasteiger partial charge is 0.0159 e. The molecule has 3 aliphatic rings. The first-order chi connectivity index (χ1) is 20.4. The van der Waals surface area contributed by atoms with Crippen LogP contribution in [-0.2, 0) is 10.8 Å². The lowest BCUT2D eigenvalue weighted by Crippen LogP contribution is -2.15. The Hall–Kier alpha value is -4.68. The summed E-state index contributed by atoms with van der Waals surface area (Å²) in [6.07, 6.45) is 0. The van der Waals surface area contributed by atoms with Crippen LogP contribution in [0.3, 0.4) is 0 Å². The molecule has 3 aliphatic carbocycles. The van der Waals surface area contributed by atoms with E-state index in [9.17, 15) is 0 Å². The third kappa shape index (κ3) is 2.92. The largest absolute Gasteiger partial charge is 0.0619 e. The van der Waals surface area contributed by atoms with E-state index in [-0.39, 0.29) is 10.8 Å². The Morgan fingerprint density at radius 2 is 0.762 bits per heavy atom. The Bertz CT molecular complexity index is 2030. The monoisotopic (exact) mass is 536 g/mol. The molecule has 0 aliphatic heterocycles. The van der Waals surface area contributed by atoms with E-state index in [1.54, 1.807) is 0 Å². The fourth-order valence-corrected chi connectivity index (χ4v) is 8.35. The zero-order chi connectivity index (χ0) is 28.4. The quantitative estimate of drug-likeness (QED) is 0.206. The number of rotatable bonds is 2. The summed E-state index contributed by atoms with van der Waals surface area (Å²) in [6, 6.07) is 45.9. The van der Waals surface area contributed by atoms with Crippen molar-refractivity contribution in [1.29, 1.82) is 0 Å². The lowest BCUT2D eigenvalue weighted by molar-refractivity contribution is 0.660. The van der Waals surface area contributed by atoms with Crippen LogP contribution in [0, 0.1) is 0 Å². The molecule has 6 aromatic carbocycles. The molecule has 0 saturated heterocycles. The highest BCUT2D eigenvalue weighted by Crippen LogP contribution is 2.54. The summed E-state index contributed by atoms with van der Waals surface area (Å²) in [7, 11) is 0. The molecule has 0 fully saturated rings. The Kier molecular flexibility index (Phi) is 4.56. The number of hydrogen-bond acceptors (Lipinski definition) is 0. The molecule has 0 radical (unpaired) electrons. The normalized spacial score (nSPS) is 16.4. The summed E-state index contributed by atoms with van der Waals surface area (Å²) in [6.45, 7) is 9.50. The SMILES string of the molecule is CC1(C)c2ccccc2-c2ccc(C3=C(c4ccc5c(c4)C(C)(C)c4ccccc4-5)c4cccc5cccc3c45)cc21. The van der Waals surface area contributed by atoms with E-state index in [1.807, 2.05) is 0 Å². The van der Waals surface area contributed by atoms with Gasteiger partial charge in [-0.3, -0.25) is 0 Å². The molecule has 42 heavy (non-hydrogen) atoms. The maximum atomic E-state index is 2.49. The highest BCUT2D eigenvalue weighted by Gasteiger charge is 2.38. The maximum absolute atomic E-state index is 2.49. The van der Waals surface area contributed by atoms with Crippen LogP contribution in [0.15, 0.2) is 121 Å². The van der Waals surface area contributed by atoms with E-state index < -0.39 is 0 Å². The second-order valence-corrected chi connectivity index (χ2v) is 13.3. The third-order valence-corrected chi connectivity index (χ3v) is 10.4. The van der Waals surface area contributed by atoms with Gasteiger partial charge in [-0.05, 0) is 101 Å². The molecular weight excluding hydrogens is 504 g/mol. The van der Waals surface area contributed by atoms with Gasteiger partial charge < -0.3 is 0 Å². The van der Waals surface area contributed by atoms with E-state index in [1.165, 1.54) is 88.7 Å². The Morgan fingerprint density at radius 3 is 1.24 bits per heavy atom. The van der Waals surface area contributed by atoms with Crippen LogP contribution in [0.25, 0.3) is 44.2 Å². The van der Waals surface area contributed by atoms with E-state index in [2.05, 4.69) is 149 Å². The summed E-state index contributed by atoms with van der Waals surface area (Å²) >= 11 is 0. The van der Waals surface area contributed by atoms with Crippen molar-refractivity contribution in [1.82, 2.24) is 0 Å². The Morgan fingerprint density at radius 1 is 0.357 bits per heavy atom. The molecular formula is C42H32. The molecule has 0 heteroatoms. The van der Waals surface area contributed by atoms with Crippen molar-refractivity contribution in [3.63, 3.8) is 0 Å². The van der Waals surface area contributed by atoms with Gasteiger partial charge in [-0.25, -0.2) is 0 Å². The van der Waals surface area contributed by atoms with Crippen molar-refractivity contribution in [2.75, 3.05) is 0 Å². The van der Waals surface area contributed by atoms with E-state index in [0.29, 0.717) is 0 Å². The number of hydrogen-bond donors (Lipinski definition) is 0. The van der Waals surface area contributed by atoms with Gasteiger partial charge in [-0.1, -0.05) is 137 Å². The van der Waals surface area contributed by atoms with Crippen molar-refractivity contribution in [3.8, 4) is 22.3 Å². The lowest BCUT2D eigenvalue weighted by Gasteiger charge is -2.23. The summed E-state index contributed by atoms with van der Waals surface area (Å²) in [4.78, 5) is 0. The predicted molar refractivity (Wildman–Crippen MR) is 177 cm³/mol. The summed E-state index contributed by atoms with van der Waals surface area (Å²) < 4.78 is 0. The van der Waals surface area contributed by atoms with Crippen molar-refractivity contribution < 1.29 is 0 Å². The molecule has 0 bridgehead atoms. The molecule has 0 N–H and O–H groups in total. The van der Waals surface area contributed by atoms with Gasteiger partial charge in [-0.2, -0.15) is 0 Å². The van der Waals surface area contributed by atoms with Gasteiger partial charge in [0.15, 0.2) is 0 Å².